The normalized spacial score (nSPS) is 18.1. The zero-order valence-corrected chi connectivity index (χ0v) is 10.5. The second-order valence-corrected chi connectivity index (χ2v) is 5.08. The quantitative estimate of drug-likeness (QED) is 0.787. The van der Waals surface area contributed by atoms with Gasteiger partial charge in [-0.15, -0.1) is 0 Å². The minimum atomic E-state index is -4.40. The zero-order valence-electron chi connectivity index (χ0n) is 8.93. The highest BCUT2D eigenvalue weighted by Crippen LogP contribution is 2.48. The highest BCUT2D eigenvalue weighted by Gasteiger charge is 2.42. The van der Waals surface area contributed by atoms with Gasteiger partial charge in [0.15, 0.2) is 0 Å². The third kappa shape index (κ3) is 2.73. The van der Waals surface area contributed by atoms with Crippen LogP contribution in [0.15, 0.2) is 23.1 Å². The Kier molecular flexibility index (Phi) is 3.10. The summed E-state index contributed by atoms with van der Waals surface area (Å²) in [6, 6.07) is 1.81. The lowest BCUT2D eigenvalue weighted by Gasteiger charge is -2.15. The molecule has 2 nitrogen and oxygen atoms in total. The molecular weight excluding hydrogens is 299 g/mol. The first-order valence-corrected chi connectivity index (χ1v) is 6.32. The van der Waals surface area contributed by atoms with Crippen molar-refractivity contribution >= 4 is 15.9 Å². The summed E-state index contributed by atoms with van der Waals surface area (Å²) in [4.78, 5) is 11.5. The van der Waals surface area contributed by atoms with Gasteiger partial charge in [0.05, 0.1) is 5.56 Å². The minimum Gasteiger partial charge on any atom is -0.314 e. The summed E-state index contributed by atoms with van der Waals surface area (Å²) in [5.74, 6) is 0. The van der Waals surface area contributed by atoms with Crippen molar-refractivity contribution in [3.63, 3.8) is 0 Å². The van der Waals surface area contributed by atoms with Gasteiger partial charge >= 0.3 is 6.18 Å². The summed E-state index contributed by atoms with van der Waals surface area (Å²) in [5.41, 5.74) is -1.19. The van der Waals surface area contributed by atoms with Crippen LogP contribution in [0.5, 0.6) is 0 Å². The van der Waals surface area contributed by atoms with E-state index in [-0.39, 0.29) is 11.0 Å². The van der Waals surface area contributed by atoms with Gasteiger partial charge in [-0.3, -0.25) is 4.79 Å². The van der Waals surface area contributed by atoms with Gasteiger partial charge in [-0.1, -0.05) is 15.9 Å². The van der Waals surface area contributed by atoms with Gasteiger partial charge in [0.25, 0.3) is 5.56 Å². The van der Waals surface area contributed by atoms with Crippen molar-refractivity contribution in [3.05, 3.63) is 34.2 Å². The van der Waals surface area contributed by atoms with E-state index >= 15 is 0 Å². The van der Waals surface area contributed by atoms with Crippen molar-refractivity contribution < 1.29 is 13.2 Å². The number of rotatable bonds is 3. The SMILES string of the molecule is O=c1ccc(C(F)(F)F)cn1CC1(CBr)CC1. The lowest BCUT2D eigenvalue weighted by atomic mass is 10.1. The monoisotopic (exact) mass is 309 g/mol. The Morgan fingerprint density at radius 3 is 2.47 bits per heavy atom. The van der Waals surface area contributed by atoms with Crippen molar-refractivity contribution in [2.75, 3.05) is 5.33 Å². The Hall–Kier alpha value is -0.780. The number of halogens is 4. The maximum absolute atomic E-state index is 12.5. The molecule has 0 N–H and O–H groups in total. The Morgan fingerprint density at radius 2 is 2.00 bits per heavy atom. The second-order valence-electron chi connectivity index (χ2n) is 4.52. The average Bonchev–Trinajstić information content (AvgIpc) is 3.00. The van der Waals surface area contributed by atoms with Gasteiger partial charge in [0.2, 0.25) is 0 Å². The fourth-order valence-corrected chi connectivity index (χ4v) is 2.43. The van der Waals surface area contributed by atoms with E-state index in [0.717, 1.165) is 35.7 Å². The van der Waals surface area contributed by atoms with Crippen molar-refractivity contribution in [1.82, 2.24) is 4.57 Å². The molecule has 1 aliphatic rings. The summed E-state index contributed by atoms with van der Waals surface area (Å²) in [6.45, 7) is 0.348. The van der Waals surface area contributed by atoms with Crippen LogP contribution in [0.2, 0.25) is 0 Å². The van der Waals surface area contributed by atoms with E-state index in [9.17, 15) is 18.0 Å². The molecule has 1 aromatic rings. The molecule has 6 heteroatoms. The molecule has 1 heterocycles. The Morgan fingerprint density at radius 1 is 1.35 bits per heavy atom. The first kappa shape index (κ1) is 12.7. The van der Waals surface area contributed by atoms with Crippen LogP contribution in [0.4, 0.5) is 13.2 Å². The highest BCUT2D eigenvalue weighted by atomic mass is 79.9. The van der Waals surface area contributed by atoms with Gasteiger partial charge in [-0.25, -0.2) is 0 Å². The first-order chi connectivity index (χ1) is 7.86. The molecule has 0 amide bonds. The standard InChI is InChI=1S/C11H11BrF3NO/c12-6-10(3-4-10)7-16-5-8(11(13,14)15)1-2-9(16)17/h1-2,5H,3-4,6-7H2. The number of pyridine rings is 1. The number of hydrogen-bond donors (Lipinski definition) is 0. The van der Waals surface area contributed by atoms with Crippen molar-refractivity contribution in [2.45, 2.75) is 25.6 Å². The Labute approximate surface area is 105 Å². The van der Waals surface area contributed by atoms with E-state index in [1.807, 2.05) is 0 Å². The van der Waals surface area contributed by atoms with Crippen molar-refractivity contribution in [2.24, 2.45) is 5.41 Å². The Balaban J connectivity index is 2.30. The van der Waals surface area contributed by atoms with E-state index in [2.05, 4.69) is 15.9 Å². The van der Waals surface area contributed by atoms with Crippen LogP contribution in [0.25, 0.3) is 0 Å². The molecule has 2 rings (SSSR count). The summed E-state index contributed by atoms with van der Waals surface area (Å²) in [5, 5.41) is 0.711. The molecule has 1 saturated carbocycles. The highest BCUT2D eigenvalue weighted by molar-refractivity contribution is 9.09. The smallest absolute Gasteiger partial charge is 0.314 e. The summed E-state index contributed by atoms with van der Waals surface area (Å²) in [7, 11) is 0. The summed E-state index contributed by atoms with van der Waals surface area (Å²) in [6.07, 6.45) is -1.60. The molecule has 0 aliphatic heterocycles. The van der Waals surface area contributed by atoms with Gasteiger partial charge in [-0.05, 0) is 24.3 Å². The van der Waals surface area contributed by atoms with E-state index in [1.165, 1.54) is 0 Å². The maximum atomic E-state index is 12.5. The lowest BCUT2D eigenvalue weighted by Crippen LogP contribution is -2.26. The van der Waals surface area contributed by atoms with E-state index < -0.39 is 11.7 Å². The number of nitrogens with zero attached hydrogens (tertiary/aromatic N) is 1. The third-order valence-electron chi connectivity index (χ3n) is 3.06. The largest absolute Gasteiger partial charge is 0.417 e. The Bertz CT molecular complexity index is 476. The van der Waals surface area contributed by atoms with Crippen LogP contribution < -0.4 is 5.56 Å². The van der Waals surface area contributed by atoms with Crippen LogP contribution in [-0.4, -0.2) is 9.90 Å². The third-order valence-corrected chi connectivity index (χ3v) is 4.25. The van der Waals surface area contributed by atoms with Crippen LogP contribution in [0.1, 0.15) is 18.4 Å². The molecule has 1 aliphatic carbocycles. The minimum absolute atomic E-state index is 0.0337. The molecule has 1 fully saturated rings. The molecular formula is C11H11BrF3NO. The first-order valence-electron chi connectivity index (χ1n) is 5.20. The molecule has 0 radical (unpaired) electrons. The number of aromatic nitrogens is 1. The predicted octanol–water partition coefficient (Wildman–Crippen LogP) is 3.04. The molecule has 0 unspecified atom stereocenters. The van der Waals surface area contributed by atoms with Crippen molar-refractivity contribution in [1.29, 1.82) is 0 Å². The number of alkyl halides is 4. The van der Waals surface area contributed by atoms with Gasteiger partial charge in [-0.2, -0.15) is 13.2 Å². The van der Waals surface area contributed by atoms with Gasteiger partial charge < -0.3 is 4.57 Å². The molecule has 94 valence electrons. The van der Waals surface area contributed by atoms with Crippen LogP contribution >= 0.6 is 15.9 Å². The molecule has 0 spiro atoms. The molecule has 0 saturated heterocycles. The fraction of sp³-hybridized carbons (Fsp3) is 0.545. The van der Waals surface area contributed by atoms with Gasteiger partial charge in [0.1, 0.15) is 0 Å². The zero-order chi connectivity index (χ0) is 12.7. The van der Waals surface area contributed by atoms with E-state index in [1.54, 1.807) is 0 Å². The van der Waals surface area contributed by atoms with E-state index in [0.29, 0.717) is 11.9 Å². The molecule has 0 bridgehead atoms. The molecule has 17 heavy (non-hydrogen) atoms. The van der Waals surface area contributed by atoms with Gasteiger partial charge in [0, 0.05) is 24.1 Å². The summed E-state index contributed by atoms with van der Waals surface area (Å²) < 4.78 is 38.7. The molecule has 0 atom stereocenters. The topological polar surface area (TPSA) is 22.0 Å². The number of hydrogen-bond acceptors (Lipinski definition) is 1. The van der Waals surface area contributed by atoms with Crippen LogP contribution in [0, 0.1) is 5.41 Å². The molecule has 0 aromatic carbocycles. The average molecular weight is 310 g/mol. The van der Waals surface area contributed by atoms with Crippen molar-refractivity contribution in [3.8, 4) is 0 Å². The fourth-order valence-electron chi connectivity index (χ4n) is 1.69. The maximum Gasteiger partial charge on any atom is 0.417 e. The van der Waals surface area contributed by atoms with Crippen LogP contribution in [-0.2, 0) is 12.7 Å². The second kappa shape index (κ2) is 4.15. The van der Waals surface area contributed by atoms with E-state index in [4.69, 9.17) is 0 Å². The lowest BCUT2D eigenvalue weighted by molar-refractivity contribution is -0.138. The summed E-state index contributed by atoms with van der Waals surface area (Å²) >= 11 is 3.34. The molecule has 1 aromatic heterocycles. The predicted molar refractivity (Wildman–Crippen MR) is 61.2 cm³/mol. The van der Waals surface area contributed by atoms with Crippen LogP contribution in [0.3, 0.4) is 0 Å².